The van der Waals surface area contributed by atoms with Gasteiger partial charge in [0.2, 0.25) is 10.0 Å². The molecule has 2 aromatic heterocycles. The molecular weight excluding hydrogens is 465 g/mol. The maximum atomic E-state index is 12.9. The highest BCUT2D eigenvalue weighted by Crippen LogP contribution is 2.31. The second-order valence-corrected chi connectivity index (χ2v) is 10.4. The topological polar surface area (TPSA) is 131 Å². The Bertz CT molecular complexity index is 1200. The summed E-state index contributed by atoms with van der Waals surface area (Å²) < 4.78 is 94.1. The summed E-state index contributed by atoms with van der Waals surface area (Å²) in [6.07, 6.45) is 0.837. The van der Waals surface area contributed by atoms with E-state index in [1.807, 2.05) is 0 Å². The lowest BCUT2D eigenvalue weighted by atomic mass is 10.2. The quantitative estimate of drug-likeness (QED) is 0.634. The normalized spacial score (nSPS) is 16.5. The Morgan fingerprint density at radius 3 is 2.23 bits per heavy atom. The molecule has 2 aromatic rings. The number of piperazine rings is 1. The number of aryl methyl sites for hydroxylation is 2. The van der Waals surface area contributed by atoms with Crippen molar-refractivity contribution in [3.63, 3.8) is 0 Å². The van der Waals surface area contributed by atoms with Gasteiger partial charge in [0.1, 0.15) is 10.6 Å². The Hall–Kier alpha value is -2.52. The lowest BCUT2D eigenvalue weighted by molar-refractivity contribution is -0.0438. The molecule has 0 N–H and O–H groups in total. The van der Waals surface area contributed by atoms with Crippen LogP contribution in [0.3, 0.4) is 0 Å². The molecule has 3 heterocycles. The van der Waals surface area contributed by atoms with E-state index < -0.39 is 41.9 Å². The average Bonchev–Trinajstić information content (AvgIpc) is 3.05. The van der Waals surface area contributed by atoms with E-state index in [1.165, 1.54) is 13.8 Å². The van der Waals surface area contributed by atoms with Crippen molar-refractivity contribution in [2.45, 2.75) is 29.3 Å². The van der Waals surface area contributed by atoms with Crippen molar-refractivity contribution in [3.8, 4) is 0 Å². The summed E-state index contributed by atoms with van der Waals surface area (Å²) in [5.74, 6) is -0.890. The number of nitrogens with zero attached hydrogens (tertiary/aromatic N) is 4. The number of pyridine rings is 1. The number of sulfonamides is 1. The monoisotopic (exact) mass is 482 g/mol. The van der Waals surface area contributed by atoms with E-state index >= 15 is 0 Å². The van der Waals surface area contributed by atoms with Gasteiger partial charge in [-0.1, -0.05) is 5.16 Å². The van der Waals surface area contributed by atoms with Crippen LogP contribution in [0.1, 0.15) is 21.8 Å². The second kappa shape index (κ2) is 7.87. The lowest BCUT2D eigenvalue weighted by Crippen LogP contribution is -2.50. The lowest BCUT2D eigenvalue weighted by Gasteiger charge is -2.34. The molecule has 0 aliphatic carbocycles. The SMILES string of the molecule is Cc1noc(C)c1S(=O)(=O)N1CCN(C(=O)c2cccnc2S(=O)(=O)C(F)(F)F)CC1. The third-order valence-corrected chi connectivity index (χ3v) is 8.24. The first-order valence-electron chi connectivity index (χ1n) is 8.77. The molecule has 0 saturated carbocycles. The van der Waals surface area contributed by atoms with Crippen molar-refractivity contribution in [1.82, 2.24) is 19.3 Å². The largest absolute Gasteiger partial charge is 0.503 e. The predicted octanol–water partition coefficient (Wildman–Crippen LogP) is 1.13. The van der Waals surface area contributed by atoms with E-state index in [-0.39, 0.29) is 42.5 Å². The van der Waals surface area contributed by atoms with E-state index in [0.29, 0.717) is 0 Å². The Kier molecular flexibility index (Phi) is 5.88. The fourth-order valence-electron chi connectivity index (χ4n) is 3.15. The maximum absolute atomic E-state index is 12.9. The molecule has 1 amide bonds. The van der Waals surface area contributed by atoms with Gasteiger partial charge in [-0.25, -0.2) is 21.8 Å². The first-order chi connectivity index (χ1) is 14.3. The first kappa shape index (κ1) is 23.1. The minimum atomic E-state index is -5.85. The van der Waals surface area contributed by atoms with Crippen LogP contribution in [-0.2, 0) is 19.9 Å². The third kappa shape index (κ3) is 4.04. The molecule has 0 radical (unpaired) electrons. The molecule has 1 aliphatic rings. The molecule has 1 saturated heterocycles. The number of carbonyl (C=O) groups excluding carboxylic acids is 1. The van der Waals surface area contributed by atoms with E-state index in [2.05, 4.69) is 10.1 Å². The zero-order chi connectivity index (χ0) is 23.2. The highest BCUT2D eigenvalue weighted by Gasteiger charge is 2.50. The van der Waals surface area contributed by atoms with Gasteiger partial charge in [-0.05, 0) is 26.0 Å². The van der Waals surface area contributed by atoms with Crippen LogP contribution in [0, 0.1) is 13.8 Å². The summed E-state index contributed by atoms with van der Waals surface area (Å²) in [5.41, 5.74) is -6.19. The number of amides is 1. The summed E-state index contributed by atoms with van der Waals surface area (Å²) in [7, 11) is -9.81. The third-order valence-electron chi connectivity index (χ3n) is 4.65. The number of hydrogen-bond donors (Lipinski definition) is 0. The molecule has 10 nitrogen and oxygen atoms in total. The van der Waals surface area contributed by atoms with Crippen LogP contribution < -0.4 is 0 Å². The zero-order valence-corrected chi connectivity index (χ0v) is 17.9. The van der Waals surface area contributed by atoms with Gasteiger partial charge in [-0.2, -0.15) is 17.5 Å². The molecule has 1 fully saturated rings. The standard InChI is InChI=1S/C16H17F3N4O6S2/c1-10-13(11(2)29-21-10)31(27,28)23-8-6-22(7-9-23)15(24)12-4-3-5-20-14(12)30(25,26)16(17,18)19/h3-5H,6-9H2,1-2H3. The van der Waals surface area contributed by atoms with E-state index in [0.717, 1.165) is 27.5 Å². The van der Waals surface area contributed by atoms with Gasteiger partial charge in [0.15, 0.2) is 10.8 Å². The molecule has 3 rings (SSSR count). The fourth-order valence-corrected chi connectivity index (χ4v) is 5.73. The van der Waals surface area contributed by atoms with Crippen LogP contribution in [0.15, 0.2) is 32.8 Å². The van der Waals surface area contributed by atoms with Gasteiger partial charge >= 0.3 is 5.51 Å². The van der Waals surface area contributed by atoms with Crippen molar-refractivity contribution >= 4 is 25.8 Å². The minimum absolute atomic E-state index is 0.0851. The van der Waals surface area contributed by atoms with E-state index in [1.54, 1.807) is 0 Å². The van der Waals surface area contributed by atoms with Gasteiger partial charge < -0.3 is 9.42 Å². The summed E-state index contributed by atoms with van der Waals surface area (Å²) in [5, 5.41) is 2.22. The molecule has 0 bridgehead atoms. The van der Waals surface area contributed by atoms with Gasteiger partial charge in [0.25, 0.3) is 15.7 Å². The number of carbonyl (C=O) groups is 1. The Balaban J connectivity index is 1.83. The average molecular weight is 482 g/mol. The van der Waals surface area contributed by atoms with Crippen LogP contribution in [0.2, 0.25) is 0 Å². The molecule has 0 atom stereocenters. The number of halogens is 3. The Morgan fingerprint density at radius 1 is 1.10 bits per heavy atom. The summed E-state index contributed by atoms with van der Waals surface area (Å²) in [6, 6.07) is 2.07. The number of rotatable bonds is 4. The highest BCUT2D eigenvalue weighted by molar-refractivity contribution is 7.92. The number of sulfone groups is 1. The van der Waals surface area contributed by atoms with Gasteiger partial charge in [0, 0.05) is 32.4 Å². The van der Waals surface area contributed by atoms with Crippen LogP contribution in [0.4, 0.5) is 13.2 Å². The van der Waals surface area contributed by atoms with Crippen molar-refractivity contribution in [3.05, 3.63) is 35.3 Å². The summed E-state index contributed by atoms with van der Waals surface area (Å²) >= 11 is 0. The molecular formula is C16H17F3N4O6S2. The minimum Gasteiger partial charge on any atom is -0.360 e. The molecule has 15 heteroatoms. The maximum Gasteiger partial charge on any atom is 0.503 e. The Morgan fingerprint density at radius 2 is 1.71 bits per heavy atom. The highest BCUT2D eigenvalue weighted by atomic mass is 32.2. The number of aromatic nitrogens is 2. The number of alkyl halides is 3. The van der Waals surface area contributed by atoms with Crippen LogP contribution in [-0.4, -0.2) is 73.8 Å². The van der Waals surface area contributed by atoms with Crippen LogP contribution in [0.25, 0.3) is 0 Å². The summed E-state index contributed by atoms with van der Waals surface area (Å²) in [4.78, 5) is 17.0. The smallest absolute Gasteiger partial charge is 0.360 e. The molecule has 0 aromatic carbocycles. The summed E-state index contributed by atoms with van der Waals surface area (Å²) in [6.45, 7) is 2.27. The second-order valence-electron chi connectivity index (χ2n) is 6.65. The van der Waals surface area contributed by atoms with Crippen molar-refractivity contribution in [1.29, 1.82) is 0 Å². The van der Waals surface area contributed by atoms with E-state index in [9.17, 15) is 34.8 Å². The van der Waals surface area contributed by atoms with Crippen molar-refractivity contribution < 1.29 is 39.3 Å². The zero-order valence-electron chi connectivity index (χ0n) is 16.2. The molecule has 31 heavy (non-hydrogen) atoms. The molecule has 0 spiro atoms. The van der Waals surface area contributed by atoms with Crippen molar-refractivity contribution in [2.75, 3.05) is 26.2 Å². The van der Waals surface area contributed by atoms with Gasteiger partial charge in [-0.3, -0.25) is 4.79 Å². The molecule has 1 aliphatic heterocycles. The number of hydrogen-bond acceptors (Lipinski definition) is 8. The van der Waals surface area contributed by atoms with E-state index in [4.69, 9.17) is 4.52 Å². The predicted molar refractivity (Wildman–Crippen MR) is 98.1 cm³/mol. The van der Waals surface area contributed by atoms with Crippen LogP contribution >= 0.6 is 0 Å². The van der Waals surface area contributed by atoms with Crippen LogP contribution in [0.5, 0.6) is 0 Å². The van der Waals surface area contributed by atoms with Crippen molar-refractivity contribution in [2.24, 2.45) is 0 Å². The molecule has 0 unspecified atom stereocenters. The fraction of sp³-hybridized carbons (Fsp3) is 0.438. The first-order valence-corrected chi connectivity index (χ1v) is 11.7. The Labute approximate surface area is 175 Å². The van der Waals surface area contributed by atoms with Gasteiger partial charge in [0.05, 0.1) is 5.56 Å². The molecule has 170 valence electrons. The van der Waals surface area contributed by atoms with Gasteiger partial charge in [-0.15, -0.1) is 0 Å².